The Morgan fingerprint density at radius 1 is 1.24 bits per heavy atom. The maximum atomic E-state index is 13.3. The predicted molar refractivity (Wildman–Crippen MR) is 98.0 cm³/mol. The van der Waals surface area contributed by atoms with Crippen molar-refractivity contribution in [3.63, 3.8) is 0 Å². The third-order valence-corrected chi connectivity index (χ3v) is 4.20. The van der Waals surface area contributed by atoms with Gasteiger partial charge in [0.2, 0.25) is 5.56 Å². The minimum absolute atomic E-state index is 0. The van der Waals surface area contributed by atoms with Gasteiger partial charge in [-0.15, -0.1) is 12.4 Å². The number of carbonyl (C=O) groups is 1. The van der Waals surface area contributed by atoms with E-state index in [2.05, 4.69) is 20.5 Å². The molecule has 0 radical (unpaired) electrons. The van der Waals surface area contributed by atoms with Crippen LogP contribution >= 0.6 is 12.4 Å². The molecule has 0 saturated carbocycles. The second kappa shape index (κ2) is 8.94. The number of nitrogens with zero attached hydrogens (tertiary/aromatic N) is 1. The van der Waals surface area contributed by atoms with Crippen molar-refractivity contribution in [1.29, 1.82) is 0 Å². The van der Waals surface area contributed by atoms with E-state index < -0.39 is 11.4 Å². The molecule has 25 heavy (non-hydrogen) atoms. The van der Waals surface area contributed by atoms with Gasteiger partial charge in [0.25, 0.3) is 5.91 Å². The Bertz CT molecular complexity index is 790. The van der Waals surface area contributed by atoms with Crippen LogP contribution < -0.4 is 16.2 Å². The number of aromatic nitrogens is 1. The molecule has 1 fully saturated rings. The van der Waals surface area contributed by atoms with E-state index in [1.54, 1.807) is 0 Å². The van der Waals surface area contributed by atoms with E-state index in [1.165, 1.54) is 24.3 Å². The molecule has 1 saturated heterocycles. The molecule has 8 heteroatoms. The number of fused-ring (bicyclic) bond motifs is 1. The van der Waals surface area contributed by atoms with E-state index in [-0.39, 0.29) is 23.9 Å². The van der Waals surface area contributed by atoms with Gasteiger partial charge in [0.1, 0.15) is 5.82 Å². The minimum atomic E-state index is -0.452. The van der Waals surface area contributed by atoms with Crippen LogP contribution in [0.5, 0.6) is 0 Å². The van der Waals surface area contributed by atoms with Crippen molar-refractivity contribution < 1.29 is 9.18 Å². The monoisotopic (exact) mass is 368 g/mol. The molecule has 3 rings (SSSR count). The Kier molecular flexibility index (Phi) is 6.92. The third kappa shape index (κ3) is 5.01. The van der Waals surface area contributed by atoms with Gasteiger partial charge in [-0.05, 0) is 31.2 Å². The minimum Gasteiger partial charge on any atom is -0.352 e. The first-order valence-electron chi connectivity index (χ1n) is 8.17. The molecule has 2 heterocycles. The summed E-state index contributed by atoms with van der Waals surface area (Å²) in [5.74, 6) is -0.759. The molecule has 0 unspecified atom stereocenters. The first-order valence-corrected chi connectivity index (χ1v) is 8.17. The number of halogens is 2. The van der Waals surface area contributed by atoms with Crippen molar-refractivity contribution in [2.75, 3.05) is 39.3 Å². The van der Waals surface area contributed by atoms with Crippen LogP contribution in [0.1, 0.15) is 16.8 Å². The average molecular weight is 369 g/mol. The molecule has 1 aromatic heterocycles. The Morgan fingerprint density at radius 2 is 2.00 bits per heavy atom. The molecule has 1 aromatic carbocycles. The van der Waals surface area contributed by atoms with E-state index in [1.807, 2.05) is 0 Å². The van der Waals surface area contributed by atoms with Gasteiger partial charge >= 0.3 is 0 Å². The maximum absolute atomic E-state index is 13.3. The summed E-state index contributed by atoms with van der Waals surface area (Å²) in [5, 5.41) is 6.68. The third-order valence-electron chi connectivity index (χ3n) is 4.20. The number of rotatable bonds is 5. The Hall–Kier alpha value is -1.96. The number of hydrogen-bond acceptors (Lipinski definition) is 4. The van der Waals surface area contributed by atoms with E-state index in [9.17, 15) is 14.0 Å². The van der Waals surface area contributed by atoms with E-state index >= 15 is 0 Å². The summed E-state index contributed by atoms with van der Waals surface area (Å²) in [4.78, 5) is 29.0. The van der Waals surface area contributed by atoms with Gasteiger partial charge in [-0.2, -0.15) is 0 Å². The number of piperazine rings is 1. The van der Waals surface area contributed by atoms with Gasteiger partial charge in [-0.3, -0.25) is 9.59 Å². The summed E-state index contributed by atoms with van der Waals surface area (Å²) in [6, 6.07) is 5.27. The van der Waals surface area contributed by atoms with Crippen molar-refractivity contribution >= 4 is 29.2 Å². The largest absolute Gasteiger partial charge is 0.352 e. The summed E-state index contributed by atoms with van der Waals surface area (Å²) in [6.07, 6.45) is 0.849. The molecule has 2 aromatic rings. The first kappa shape index (κ1) is 19.4. The molecule has 0 atom stereocenters. The van der Waals surface area contributed by atoms with Crippen LogP contribution in [0.3, 0.4) is 0 Å². The zero-order valence-electron chi connectivity index (χ0n) is 13.8. The molecule has 3 N–H and O–H groups in total. The highest BCUT2D eigenvalue weighted by Gasteiger charge is 2.13. The number of benzene rings is 1. The summed E-state index contributed by atoms with van der Waals surface area (Å²) in [6.45, 7) is 5.53. The van der Waals surface area contributed by atoms with Crippen LogP contribution in [0.4, 0.5) is 4.39 Å². The molecule has 1 aliphatic rings. The zero-order valence-corrected chi connectivity index (χ0v) is 14.6. The summed E-state index contributed by atoms with van der Waals surface area (Å²) in [7, 11) is 0. The van der Waals surface area contributed by atoms with Crippen LogP contribution in [0, 0.1) is 5.82 Å². The smallest absolute Gasteiger partial charge is 0.252 e. The van der Waals surface area contributed by atoms with E-state index in [0.717, 1.165) is 39.1 Å². The summed E-state index contributed by atoms with van der Waals surface area (Å²) >= 11 is 0. The highest BCUT2D eigenvalue weighted by Crippen LogP contribution is 2.16. The molecule has 0 aliphatic carbocycles. The normalized spacial score (nSPS) is 14.9. The summed E-state index contributed by atoms with van der Waals surface area (Å²) < 4.78 is 13.3. The van der Waals surface area contributed by atoms with Gasteiger partial charge in [0.05, 0.1) is 11.1 Å². The fourth-order valence-corrected chi connectivity index (χ4v) is 2.95. The number of H-pyrrole nitrogens is 1. The van der Waals surface area contributed by atoms with E-state index in [4.69, 9.17) is 0 Å². The van der Waals surface area contributed by atoms with Gasteiger partial charge in [0, 0.05) is 44.2 Å². The molecular formula is C17H22ClFN4O2. The lowest BCUT2D eigenvalue weighted by Crippen LogP contribution is -2.44. The number of pyridine rings is 1. The quantitative estimate of drug-likeness (QED) is 0.691. The van der Waals surface area contributed by atoms with Crippen molar-refractivity contribution in [1.82, 2.24) is 20.5 Å². The second-order valence-corrected chi connectivity index (χ2v) is 5.94. The van der Waals surface area contributed by atoms with Crippen molar-refractivity contribution in [3.8, 4) is 0 Å². The van der Waals surface area contributed by atoms with Crippen LogP contribution in [0.25, 0.3) is 10.9 Å². The lowest BCUT2D eigenvalue weighted by atomic mass is 10.1. The second-order valence-electron chi connectivity index (χ2n) is 5.94. The first-order chi connectivity index (χ1) is 11.6. The van der Waals surface area contributed by atoms with Gasteiger partial charge < -0.3 is 20.5 Å². The van der Waals surface area contributed by atoms with Crippen LogP contribution in [-0.4, -0.2) is 55.1 Å². The highest BCUT2D eigenvalue weighted by atomic mass is 35.5. The fraction of sp³-hybridized carbons (Fsp3) is 0.412. The van der Waals surface area contributed by atoms with Crippen molar-refractivity contribution in [3.05, 3.63) is 46.0 Å². The van der Waals surface area contributed by atoms with E-state index in [0.29, 0.717) is 17.4 Å². The molecule has 1 aliphatic heterocycles. The van der Waals surface area contributed by atoms with Crippen LogP contribution in [0.15, 0.2) is 29.1 Å². The van der Waals surface area contributed by atoms with Gasteiger partial charge in [-0.25, -0.2) is 4.39 Å². The molecule has 6 nitrogen and oxygen atoms in total. The van der Waals surface area contributed by atoms with Crippen molar-refractivity contribution in [2.45, 2.75) is 6.42 Å². The molecular weight excluding hydrogens is 347 g/mol. The molecule has 0 spiro atoms. The Labute approximate surface area is 151 Å². The topological polar surface area (TPSA) is 77.2 Å². The molecule has 0 bridgehead atoms. The van der Waals surface area contributed by atoms with Crippen LogP contribution in [0.2, 0.25) is 0 Å². The van der Waals surface area contributed by atoms with Gasteiger partial charge in [0.15, 0.2) is 0 Å². The molecule has 1 amide bonds. The SMILES string of the molecule is Cl.O=C(NCCCN1CCNCC1)c1cc(=O)[nH]c2cc(F)ccc12. The van der Waals surface area contributed by atoms with Crippen molar-refractivity contribution in [2.24, 2.45) is 0 Å². The number of hydrogen-bond donors (Lipinski definition) is 3. The highest BCUT2D eigenvalue weighted by molar-refractivity contribution is 6.05. The average Bonchev–Trinajstić information content (AvgIpc) is 2.58. The fourth-order valence-electron chi connectivity index (χ4n) is 2.95. The van der Waals surface area contributed by atoms with Gasteiger partial charge in [-0.1, -0.05) is 0 Å². The standard InChI is InChI=1S/C17H21FN4O2.ClH/c18-12-2-3-13-14(11-16(23)21-15(13)10-12)17(24)20-4-1-7-22-8-5-19-6-9-22;/h2-3,10-11,19H,1,4-9H2,(H,20,24)(H,21,23);1H. The maximum Gasteiger partial charge on any atom is 0.252 e. The lowest BCUT2D eigenvalue weighted by Gasteiger charge is -2.27. The van der Waals surface area contributed by atoms with Crippen LogP contribution in [-0.2, 0) is 0 Å². The number of aromatic amines is 1. The number of amides is 1. The zero-order chi connectivity index (χ0) is 16.9. The Morgan fingerprint density at radius 3 is 2.76 bits per heavy atom. The summed E-state index contributed by atoms with van der Waals surface area (Å²) in [5.41, 5.74) is 0.184. The predicted octanol–water partition coefficient (Wildman–Crippen LogP) is 1.11. The number of carbonyl (C=O) groups excluding carboxylic acids is 1. The lowest BCUT2D eigenvalue weighted by molar-refractivity contribution is 0.0952. The Balaban J connectivity index is 0.00000225. The molecule has 136 valence electrons. The number of nitrogens with one attached hydrogen (secondary N) is 3.